The number of ether oxygens (including phenoxy) is 1. The number of benzene rings is 1. The number of nitrogens with zero attached hydrogens (tertiary/aromatic N) is 5. The normalized spacial score (nSPS) is 23.1. The maximum absolute atomic E-state index is 14.6. The van der Waals surface area contributed by atoms with Crippen LogP contribution in [-0.4, -0.2) is 65.2 Å². The number of halogens is 1. The molecule has 2 fully saturated rings. The Balaban J connectivity index is 1.60. The number of aromatic nitrogens is 3. The Bertz CT molecular complexity index is 961. The number of likely N-dealkylation sites (N-methyl/N-ethyl adjacent to an activating group) is 1. The lowest BCUT2D eigenvalue weighted by Crippen LogP contribution is -2.39. The van der Waals surface area contributed by atoms with Crippen molar-refractivity contribution in [2.24, 2.45) is 11.7 Å². The lowest BCUT2D eigenvalue weighted by atomic mass is 9.86. The Kier molecular flexibility index (Phi) is 7.99. The largest absolute Gasteiger partial charge is 0.494 e. The predicted octanol–water partition coefficient (Wildman–Crippen LogP) is 3.15. The molecule has 0 amide bonds. The highest BCUT2D eigenvalue weighted by molar-refractivity contribution is 5.60. The summed E-state index contributed by atoms with van der Waals surface area (Å²) in [5.41, 5.74) is 12.9. The van der Waals surface area contributed by atoms with Gasteiger partial charge in [0, 0.05) is 36.9 Å². The van der Waals surface area contributed by atoms with Gasteiger partial charge in [-0.25, -0.2) is 4.39 Å². The molecule has 1 aliphatic heterocycles. The van der Waals surface area contributed by atoms with E-state index < -0.39 is 5.82 Å². The fraction of sp³-hybridized carbons (Fsp3) is 0.625. The fourth-order valence-corrected chi connectivity index (χ4v) is 5.19. The maximum atomic E-state index is 14.6. The van der Waals surface area contributed by atoms with E-state index in [-0.39, 0.29) is 17.7 Å². The summed E-state index contributed by atoms with van der Waals surface area (Å²) in [6.07, 6.45) is 6.56. The van der Waals surface area contributed by atoms with Gasteiger partial charge in [0.15, 0.2) is 11.6 Å². The number of methoxy groups -OCH3 is 1. The third-order valence-electron chi connectivity index (χ3n) is 7.00. The topological polar surface area (TPSA) is 118 Å². The lowest BCUT2D eigenvalue weighted by Gasteiger charge is -2.31. The number of anilines is 4. The van der Waals surface area contributed by atoms with Crippen LogP contribution in [0.5, 0.6) is 5.75 Å². The first-order valence-corrected chi connectivity index (χ1v) is 12.3. The zero-order valence-corrected chi connectivity index (χ0v) is 20.2. The van der Waals surface area contributed by atoms with E-state index in [1.807, 2.05) is 11.0 Å². The Labute approximate surface area is 201 Å². The Morgan fingerprint density at radius 2 is 2.06 bits per heavy atom. The van der Waals surface area contributed by atoms with Crippen LogP contribution >= 0.6 is 0 Å². The minimum absolute atomic E-state index is 0.130. The summed E-state index contributed by atoms with van der Waals surface area (Å²) in [6, 6.07) is 5.48. The van der Waals surface area contributed by atoms with E-state index in [0.717, 1.165) is 58.2 Å². The number of hydrogen-bond donors (Lipinski definition) is 3. The van der Waals surface area contributed by atoms with Crippen LogP contribution in [0.15, 0.2) is 18.2 Å². The van der Waals surface area contributed by atoms with Crippen molar-refractivity contribution < 1.29 is 9.13 Å². The van der Waals surface area contributed by atoms with Crippen molar-refractivity contribution in [2.45, 2.75) is 57.5 Å². The zero-order valence-electron chi connectivity index (χ0n) is 20.2. The quantitative estimate of drug-likeness (QED) is 0.506. The molecule has 34 heavy (non-hydrogen) atoms. The van der Waals surface area contributed by atoms with Crippen molar-refractivity contribution in [3.05, 3.63) is 24.0 Å². The van der Waals surface area contributed by atoms with Crippen molar-refractivity contribution in [3.8, 4) is 5.75 Å². The van der Waals surface area contributed by atoms with E-state index in [9.17, 15) is 4.39 Å². The molecule has 9 nitrogen and oxygen atoms in total. The van der Waals surface area contributed by atoms with Gasteiger partial charge in [-0.2, -0.15) is 15.0 Å². The van der Waals surface area contributed by atoms with Gasteiger partial charge >= 0.3 is 0 Å². The summed E-state index contributed by atoms with van der Waals surface area (Å²) in [5, 5.41) is 3.34. The van der Waals surface area contributed by atoms with Gasteiger partial charge in [-0.3, -0.25) is 4.90 Å². The zero-order chi connectivity index (χ0) is 24.1. The average Bonchev–Trinajstić information content (AvgIpc) is 3.28. The number of rotatable bonds is 9. The maximum Gasteiger partial charge on any atom is 0.236 e. The average molecular weight is 473 g/mol. The van der Waals surface area contributed by atoms with Crippen molar-refractivity contribution >= 4 is 23.5 Å². The van der Waals surface area contributed by atoms with Crippen LogP contribution in [0.3, 0.4) is 0 Å². The number of hydrogen-bond acceptors (Lipinski definition) is 9. The molecular weight excluding hydrogens is 435 g/mol. The summed E-state index contributed by atoms with van der Waals surface area (Å²) in [5.74, 6) is 1.21. The molecule has 5 N–H and O–H groups in total. The molecule has 1 saturated carbocycles. The monoisotopic (exact) mass is 472 g/mol. The van der Waals surface area contributed by atoms with Gasteiger partial charge in [0.1, 0.15) is 0 Å². The molecule has 1 saturated heterocycles. The Morgan fingerprint density at radius 3 is 2.79 bits per heavy atom. The van der Waals surface area contributed by atoms with Gasteiger partial charge in [-0.15, -0.1) is 0 Å². The summed E-state index contributed by atoms with van der Waals surface area (Å²) < 4.78 is 19.7. The van der Waals surface area contributed by atoms with Crippen LogP contribution in [0.4, 0.5) is 27.9 Å². The van der Waals surface area contributed by atoms with Crippen molar-refractivity contribution in [2.75, 3.05) is 49.2 Å². The minimum Gasteiger partial charge on any atom is -0.494 e. The Morgan fingerprint density at radius 1 is 1.21 bits per heavy atom. The van der Waals surface area contributed by atoms with Crippen LogP contribution in [0.2, 0.25) is 0 Å². The molecule has 10 heteroatoms. The van der Waals surface area contributed by atoms with E-state index in [1.54, 1.807) is 6.07 Å². The molecule has 4 rings (SSSR count). The second kappa shape index (κ2) is 11.1. The summed E-state index contributed by atoms with van der Waals surface area (Å²) in [6.45, 7) is 5.54. The van der Waals surface area contributed by atoms with Crippen molar-refractivity contribution in [1.29, 1.82) is 0 Å². The Hall–Kier alpha value is -2.72. The minimum atomic E-state index is -0.433. The fourth-order valence-electron chi connectivity index (χ4n) is 5.19. The van der Waals surface area contributed by atoms with Gasteiger partial charge in [0.05, 0.1) is 7.11 Å². The SMILES string of the molecule is CCN1CCCC1CN(c1ccc(OC)c(F)c1)c1nc(N)nc(NCC2CCCC(N)C2)n1. The third-order valence-corrected chi connectivity index (χ3v) is 7.00. The van der Waals surface area contributed by atoms with Crippen LogP contribution in [0, 0.1) is 11.7 Å². The van der Waals surface area contributed by atoms with Crippen LogP contribution in [-0.2, 0) is 0 Å². The van der Waals surface area contributed by atoms with E-state index in [1.165, 1.54) is 13.2 Å². The highest BCUT2D eigenvalue weighted by Gasteiger charge is 2.28. The molecule has 1 aromatic heterocycles. The smallest absolute Gasteiger partial charge is 0.236 e. The number of nitrogens with one attached hydrogen (secondary N) is 1. The molecule has 186 valence electrons. The highest BCUT2D eigenvalue weighted by atomic mass is 19.1. The van der Waals surface area contributed by atoms with Gasteiger partial charge in [-0.05, 0) is 63.2 Å². The third kappa shape index (κ3) is 5.85. The second-order valence-electron chi connectivity index (χ2n) is 9.34. The van der Waals surface area contributed by atoms with Crippen LogP contribution in [0.1, 0.15) is 45.4 Å². The predicted molar refractivity (Wildman–Crippen MR) is 133 cm³/mol. The van der Waals surface area contributed by atoms with E-state index >= 15 is 0 Å². The van der Waals surface area contributed by atoms with Gasteiger partial charge < -0.3 is 26.4 Å². The molecule has 2 aliphatic rings. The molecule has 0 spiro atoms. The number of nitrogens with two attached hydrogens (primary N) is 2. The van der Waals surface area contributed by atoms with Gasteiger partial charge in [0.2, 0.25) is 17.8 Å². The molecular formula is C24H37FN8O. The second-order valence-corrected chi connectivity index (χ2v) is 9.34. The molecule has 2 aromatic rings. The van der Waals surface area contributed by atoms with E-state index in [0.29, 0.717) is 36.1 Å². The summed E-state index contributed by atoms with van der Waals surface area (Å²) >= 11 is 0. The first kappa shape index (κ1) is 24.4. The molecule has 1 aromatic carbocycles. The van der Waals surface area contributed by atoms with Crippen molar-refractivity contribution in [1.82, 2.24) is 19.9 Å². The van der Waals surface area contributed by atoms with Gasteiger partial charge in [-0.1, -0.05) is 13.3 Å². The molecule has 0 bridgehead atoms. The standard InChI is InChI=1S/C24H37FN8O/c1-3-32-11-5-8-19(32)15-33(18-9-10-21(34-2)20(25)13-18)24-30-22(27)29-23(31-24)28-14-16-6-4-7-17(26)12-16/h9-10,13,16-17,19H,3-8,11-12,14-15,26H2,1-2H3,(H3,27,28,29,30,31). The van der Waals surface area contributed by atoms with Gasteiger partial charge in [0.25, 0.3) is 0 Å². The molecule has 0 radical (unpaired) electrons. The molecule has 2 heterocycles. The van der Waals surface area contributed by atoms with E-state index in [4.69, 9.17) is 16.2 Å². The highest BCUT2D eigenvalue weighted by Crippen LogP contribution is 2.31. The van der Waals surface area contributed by atoms with Crippen LogP contribution in [0.25, 0.3) is 0 Å². The first-order valence-electron chi connectivity index (χ1n) is 12.3. The number of nitrogen functional groups attached to an aromatic ring is 1. The summed E-state index contributed by atoms with van der Waals surface area (Å²) in [4.78, 5) is 17.8. The first-order chi connectivity index (χ1) is 16.5. The number of likely N-dealkylation sites (tertiary alicyclic amines) is 1. The summed E-state index contributed by atoms with van der Waals surface area (Å²) in [7, 11) is 1.46. The van der Waals surface area contributed by atoms with Crippen LogP contribution < -0.4 is 26.4 Å². The molecule has 3 unspecified atom stereocenters. The van der Waals surface area contributed by atoms with E-state index in [2.05, 4.69) is 32.1 Å². The van der Waals surface area contributed by atoms with Crippen molar-refractivity contribution in [3.63, 3.8) is 0 Å². The molecule has 3 atom stereocenters. The lowest BCUT2D eigenvalue weighted by molar-refractivity contribution is 0.271. The molecule has 1 aliphatic carbocycles.